The molecule has 0 radical (unpaired) electrons. The van der Waals surface area contributed by atoms with Gasteiger partial charge in [-0.2, -0.15) is 5.10 Å². The largest absolute Gasteiger partial charge is 0.299 e. The van der Waals surface area contributed by atoms with E-state index >= 15 is 0 Å². The molecule has 1 N–H and O–H groups in total. The quantitative estimate of drug-likeness (QED) is 0.526. The third-order valence-electron chi connectivity index (χ3n) is 5.23. The number of hydrogen-bond donors (Lipinski definition) is 1. The molecule has 2 heterocycles. The van der Waals surface area contributed by atoms with Crippen LogP contribution in [0.5, 0.6) is 0 Å². The van der Waals surface area contributed by atoms with Crippen molar-refractivity contribution in [2.45, 2.75) is 39.7 Å². The molecule has 0 unspecified atom stereocenters. The highest BCUT2D eigenvalue weighted by Gasteiger charge is 2.24. The van der Waals surface area contributed by atoms with Gasteiger partial charge in [0, 0.05) is 29.4 Å². The molecule has 1 fully saturated rings. The number of nitrogens with zero attached hydrogens (tertiary/aromatic N) is 3. The second-order valence-electron chi connectivity index (χ2n) is 8.00. The minimum atomic E-state index is -0.261. The summed E-state index contributed by atoms with van der Waals surface area (Å²) in [4.78, 5) is 18.8. The Morgan fingerprint density at radius 1 is 1.21 bits per heavy atom. The smallest absolute Gasteiger partial charge is 0.289 e. The van der Waals surface area contributed by atoms with Crippen LogP contribution in [-0.4, -0.2) is 34.6 Å². The molecule has 1 aliphatic heterocycles. The van der Waals surface area contributed by atoms with Gasteiger partial charge in [0.15, 0.2) is 0 Å². The molecule has 5 nitrogen and oxygen atoms in total. The number of carbonyl (C=O) groups is 1. The fraction of sp³-hybridized carbons (Fsp3) is 0.435. The number of aromatic nitrogens is 1. The maximum atomic E-state index is 12.3. The lowest BCUT2D eigenvalue weighted by Gasteiger charge is -2.33. The molecule has 1 aromatic heterocycles. The summed E-state index contributed by atoms with van der Waals surface area (Å²) in [5.74, 6) is 0.619. The maximum Gasteiger partial charge on any atom is 0.289 e. The van der Waals surface area contributed by atoms with E-state index in [4.69, 9.17) is 11.6 Å². The minimum absolute atomic E-state index is 0.261. The van der Waals surface area contributed by atoms with E-state index in [2.05, 4.69) is 40.3 Å². The summed E-state index contributed by atoms with van der Waals surface area (Å²) in [6, 6.07) is 13.3. The normalized spacial score (nSPS) is 16.2. The van der Waals surface area contributed by atoms with E-state index in [1.807, 2.05) is 18.2 Å². The number of pyridine rings is 1. The van der Waals surface area contributed by atoms with Crippen molar-refractivity contribution in [2.24, 2.45) is 16.9 Å². The molecule has 0 aliphatic carbocycles. The lowest BCUT2D eigenvalue weighted by atomic mass is 9.87. The first kappa shape index (κ1) is 21.5. The van der Waals surface area contributed by atoms with Gasteiger partial charge in [0.2, 0.25) is 0 Å². The zero-order valence-corrected chi connectivity index (χ0v) is 17.9. The van der Waals surface area contributed by atoms with E-state index in [1.54, 1.807) is 24.4 Å². The molecule has 0 bridgehead atoms. The molecule has 29 heavy (non-hydrogen) atoms. The van der Waals surface area contributed by atoms with Crippen LogP contribution in [-0.2, 0) is 6.54 Å². The molecular weight excluding hydrogens is 384 g/mol. The van der Waals surface area contributed by atoms with Gasteiger partial charge in [-0.15, -0.1) is 0 Å². The van der Waals surface area contributed by atoms with Gasteiger partial charge in [0.1, 0.15) is 5.69 Å². The molecule has 154 valence electrons. The van der Waals surface area contributed by atoms with E-state index in [-0.39, 0.29) is 5.91 Å². The second kappa shape index (κ2) is 10.5. The van der Waals surface area contributed by atoms with Gasteiger partial charge >= 0.3 is 0 Å². The van der Waals surface area contributed by atoms with Crippen molar-refractivity contribution < 1.29 is 4.79 Å². The number of halogens is 1. The third-order valence-corrected chi connectivity index (χ3v) is 5.60. The summed E-state index contributed by atoms with van der Waals surface area (Å²) in [5, 5.41) is 5.35. The van der Waals surface area contributed by atoms with Crippen molar-refractivity contribution in [1.82, 2.24) is 15.3 Å². The summed E-state index contributed by atoms with van der Waals surface area (Å²) in [5.41, 5.74) is 5.36. The first-order valence-electron chi connectivity index (χ1n) is 10.3. The number of benzene rings is 1. The summed E-state index contributed by atoms with van der Waals surface area (Å²) < 4.78 is 0. The Kier molecular flexibility index (Phi) is 7.78. The van der Waals surface area contributed by atoms with Crippen LogP contribution in [0.25, 0.3) is 0 Å². The Hall–Kier alpha value is -2.24. The number of piperidine rings is 1. The first-order valence-corrected chi connectivity index (χ1v) is 10.6. The Bertz CT molecular complexity index is 830. The van der Waals surface area contributed by atoms with Crippen molar-refractivity contribution in [3.8, 4) is 0 Å². The van der Waals surface area contributed by atoms with Crippen molar-refractivity contribution in [2.75, 3.05) is 13.1 Å². The Labute approximate surface area is 178 Å². The number of likely N-dealkylation sites (tertiary alicyclic amines) is 1. The van der Waals surface area contributed by atoms with Gasteiger partial charge in [0.25, 0.3) is 5.91 Å². The highest BCUT2D eigenvalue weighted by molar-refractivity contribution is 6.31. The van der Waals surface area contributed by atoms with Crippen LogP contribution in [0.1, 0.15) is 49.2 Å². The third kappa shape index (κ3) is 6.38. The summed E-state index contributed by atoms with van der Waals surface area (Å²) in [6.07, 6.45) is 4.57. The molecule has 6 heteroatoms. The van der Waals surface area contributed by atoms with Gasteiger partial charge in [0.05, 0.1) is 0 Å². The van der Waals surface area contributed by atoms with Crippen LogP contribution < -0.4 is 5.43 Å². The zero-order chi connectivity index (χ0) is 20.6. The van der Waals surface area contributed by atoms with Gasteiger partial charge in [-0.25, -0.2) is 5.43 Å². The second-order valence-corrected chi connectivity index (χ2v) is 8.41. The van der Waals surface area contributed by atoms with E-state index in [9.17, 15) is 4.79 Å². The summed E-state index contributed by atoms with van der Waals surface area (Å²) in [6.45, 7) is 7.24. The minimum Gasteiger partial charge on any atom is -0.299 e. The Balaban J connectivity index is 1.60. The number of hydrogen-bond acceptors (Lipinski definition) is 4. The van der Waals surface area contributed by atoms with Crippen molar-refractivity contribution in [3.05, 3.63) is 64.9 Å². The molecule has 3 rings (SSSR count). The van der Waals surface area contributed by atoms with Gasteiger partial charge in [-0.1, -0.05) is 49.7 Å². The number of amides is 1. The van der Waals surface area contributed by atoms with Crippen LogP contribution in [0.3, 0.4) is 0 Å². The molecule has 1 amide bonds. The lowest BCUT2D eigenvalue weighted by molar-refractivity contribution is 0.0949. The fourth-order valence-electron chi connectivity index (χ4n) is 3.69. The maximum absolute atomic E-state index is 12.3. The highest BCUT2D eigenvalue weighted by Crippen LogP contribution is 2.25. The summed E-state index contributed by atoms with van der Waals surface area (Å²) >= 11 is 6.31. The SMILES string of the molecule is CC(C)CC(=NNC(=O)c1ccccn1)C1CCN(Cc2ccccc2Cl)CC1. The number of hydrazone groups is 1. The molecule has 1 aliphatic rings. The van der Waals surface area contributed by atoms with Crippen LogP contribution in [0.4, 0.5) is 0 Å². The summed E-state index contributed by atoms with van der Waals surface area (Å²) in [7, 11) is 0. The van der Waals surface area contributed by atoms with E-state index in [1.165, 1.54) is 5.56 Å². The van der Waals surface area contributed by atoms with Crippen LogP contribution in [0, 0.1) is 11.8 Å². The predicted molar refractivity (Wildman–Crippen MR) is 118 cm³/mol. The van der Waals surface area contributed by atoms with Gasteiger partial charge < -0.3 is 0 Å². The number of rotatable bonds is 7. The molecule has 0 saturated carbocycles. The Morgan fingerprint density at radius 2 is 1.93 bits per heavy atom. The van der Waals surface area contributed by atoms with Gasteiger partial charge in [-0.3, -0.25) is 14.7 Å². The number of carbonyl (C=O) groups excluding carboxylic acids is 1. The van der Waals surface area contributed by atoms with Crippen LogP contribution in [0.15, 0.2) is 53.8 Å². The van der Waals surface area contributed by atoms with E-state index in [0.717, 1.165) is 49.6 Å². The first-order chi connectivity index (χ1) is 14.0. The average Bonchev–Trinajstić information content (AvgIpc) is 2.73. The van der Waals surface area contributed by atoms with Gasteiger partial charge in [-0.05, 0) is 62.0 Å². The lowest BCUT2D eigenvalue weighted by Crippen LogP contribution is -2.37. The van der Waals surface area contributed by atoms with Crippen LogP contribution in [0.2, 0.25) is 5.02 Å². The van der Waals surface area contributed by atoms with Crippen molar-refractivity contribution in [1.29, 1.82) is 0 Å². The zero-order valence-electron chi connectivity index (χ0n) is 17.1. The van der Waals surface area contributed by atoms with Crippen LogP contribution >= 0.6 is 11.6 Å². The molecule has 1 aromatic carbocycles. The molecule has 2 aromatic rings. The fourth-order valence-corrected chi connectivity index (χ4v) is 3.89. The highest BCUT2D eigenvalue weighted by atomic mass is 35.5. The molecule has 0 atom stereocenters. The molecule has 1 saturated heterocycles. The molecular formula is C23H29ClN4O. The van der Waals surface area contributed by atoms with E-state index < -0.39 is 0 Å². The standard InChI is InChI=1S/C23H29ClN4O/c1-17(2)15-22(26-27-23(29)21-9-5-6-12-25-21)18-10-13-28(14-11-18)16-19-7-3-4-8-20(19)24/h3-9,12,17-18H,10-11,13-16H2,1-2H3,(H,27,29). The van der Waals surface area contributed by atoms with E-state index in [0.29, 0.717) is 17.5 Å². The average molecular weight is 413 g/mol. The topological polar surface area (TPSA) is 57.6 Å². The van der Waals surface area contributed by atoms with Crippen molar-refractivity contribution in [3.63, 3.8) is 0 Å². The Morgan fingerprint density at radius 3 is 2.59 bits per heavy atom. The molecule has 0 spiro atoms. The van der Waals surface area contributed by atoms with Crippen molar-refractivity contribution >= 4 is 23.2 Å². The number of nitrogens with one attached hydrogen (secondary N) is 1. The monoisotopic (exact) mass is 412 g/mol. The predicted octanol–water partition coefficient (Wildman–Crippen LogP) is 4.78.